The van der Waals surface area contributed by atoms with E-state index < -0.39 is 8.32 Å². The van der Waals surface area contributed by atoms with Gasteiger partial charge in [-0.1, -0.05) is 42.8 Å². The van der Waals surface area contributed by atoms with Crippen LogP contribution in [0.25, 0.3) is 0 Å². The second kappa shape index (κ2) is 11.1. The van der Waals surface area contributed by atoms with Crippen molar-refractivity contribution in [1.82, 2.24) is 4.98 Å². The third kappa shape index (κ3) is 8.38. The third-order valence-electron chi connectivity index (χ3n) is 4.99. The summed E-state index contributed by atoms with van der Waals surface area (Å²) in [5.74, 6) is 0.874. The van der Waals surface area contributed by atoms with E-state index in [9.17, 15) is 0 Å². The zero-order valence-corrected chi connectivity index (χ0v) is 22.0. The second-order valence-corrected chi connectivity index (χ2v) is 13.8. The van der Waals surface area contributed by atoms with Crippen LogP contribution in [0.1, 0.15) is 34.2 Å². The van der Waals surface area contributed by atoms with Crippen LogP contribution in [0.5, 0.6) is 5.75 Å². The van der Waals surface area contributed by atoms with E-state index in [1.807, 2.05) is 42.7 Å². The number of rotatable bonds is 8. The molecule has 3 nitrogen and oxygen atoms in total. The van der Waals surface area contributed by atoms with Crippen LogP contribution >= 0.6 is 15.9 Å². The van der Waals surface area contributed by atoms with Gasteiger partial charge in [-0.25, -0.2) is 0 Å². The zero-order valence-electron chi connectivity index (χ0n) is 18.5. The molecule has 2 rings (SSSR count). The summed E-state index contributed by atoms with van der Waals surface area (Å²) in [4.78, 5) is 4.21. The Morgan fingerprint density at radius 3 is 2.37 bits per heavy atom. The molecule has 27 heavy (non-hydrogen) atoms. The van der Waals surface area contributed by atoms with Crippen molar-refractivity contribution < 1.29 is 40.1 Å². The first-order valence-electron chi connectivity index (χ1n) is 9.12. The standard InChI is InChI=1S/C21H30BrNO2Si.Na.H/c1-21(2,3)26(4,5)25-20(11-8-17-7-6-14-23-15-17)16-24-19-12-9-18(22)10-13-19;;/h6-7,9-10,12-15,20H,8,11,16H2,1-5H3;;/q;+1;-1. The van der Waals surface area contributed by atoms with Crippen LogP contribution in [-0.4, -0.2) is 26.0 Å². The first-order chi connectivity index (χ1) is 12.2. The summed E-state index contributed by atoms with van der Waals surface area (Å²) in [5, 5.41) is 0.178. The molecule has 144 valence electrons. The fourth-order valence-electron chi connectivity index (χ4n) is 2.36. The fraction of sp³-hybridized carbons (Fsp3) is 0.476. The summed E-state index contributed by atoms with van der Waals surface area (Å²) in [5.41, 5.74) is 1.24. The van der Waals surface area contributed by atoms with E-state index in [1.165, 1.54) is 5.56 Å². The molecule has 0 saturated heterocycles. The minimum absolute atomic E-state index is 0. The van der Waals surface area contributed by atoms with Gasteiger partial charge >= 0.3 is 29.6 Å². The molecule has 6 heteroatoms. The van der Waals surface area contributed by atoms with Gasteiger partial charge in [0.15, 0.2) is 8.32 Å². The van der Waals surface area contributed by atoms with Crippen molar-refractivity contribution >= 4 is 24.2 Å². The Balaban J connectivity index is 0.00000364. The van der Waals surface area contributed by atoms with Crippen molar-refractivity contribution in [2.24, 2.45) is 0 Å². The van der Waals surface area contributed by atoms with Gasteiger partial charge in [0.25, 0.3) is 0 Å². The van der Waals surface area contributed by atoms with E-state index in [4.69, 9.17) is 9.16 Å². The molecular formula is C21H31BrNNaO2Si. The maximum absolute atomic E-state index is 6.65. The first-order valence-corrected chi connectivity index (χ1v) is 12.8. The Morgan fingerprint density at radius 1 is 1.15 bits per heavy atom. The van der Waals surface area contributed by atoms with Crippen LogP contribution in [0.2, 0.25) is 18.1 Å². The monoisotopic (exact) mass is 459 g/mol. The average Bonchev–Trinajstić information content (AvgIpc) is 2.58. The van der Waals surface area contributed by atoms with Gasteiger partial charge in [0, 0.05) is 16.9 Å². The van der Waals surface area contributed by atoms with Gasteiger partial charge in [-0.3, -0.25) is 4.98 Å². The number of aryl methyl sites for hydroxylation is 1. The van der Waals surface area contributed by atoms with Crippen molar-refractivity contribution in [1.29, 1.82) is 0 Å². The van der Waals surface area contributed by atoms with E-state index in [0.717, 1.165) is 23.1 Å². The van der Waals surface area contributed by atoms with Gasteiger partial charge in [0.2, 0.25) is 0 Å². The molecular weight excluding hydrogens is 429 g/mol. The predicted octanol–water partition coefficient (Wildman–Crippen LogP) is 3.36. The molecule has 0 radical (unpaired) electrons. The summed E-state index contributed by atoms with van der Waals surface area (Å²) < 4.78 is 13.7. The van der Waals surface area contributed by atoms with Crippen LogP contribution < -0.4 is 34.3 Å². The van der Waals surface area contributed by atoms with Crippen LogP contribution in [0, 0.1) is 0 Å². The molecule has 1 aromatic carbocycles. The zero-order chi connectivity index (χ0) is 19.2. The van der Waals surface area contributed by atoms with Gasteiger partial charge in [-0.2, -0.15) is 0 Å². The van der Waals surface area contributed by atoms with Crippen LogP contribution in [-0.2, 0) is 10.8 Å². The molecule has 0 bridgehead atoms. The number of hydrogen-bond acceptors (Lipinski definition) is 3. The second-order valence-electron chi connectivity index (χ2n) is 8.17. The molecule has 1 aromatic heterocycles. The summed E-state index contributed by atoms with van der Waals surface area (Å²) in [6, 6.07) is 12.1. The van der Waals surface area contributed by atoms with Crippen LogP contribution in [0.15, 0.2) is 53.3 Å². The molecule has 1 atom stereocenters. The minimum Gasteiger partial charge on any atom is -1.00 e. The smallest absolute Gasteiger partial charge is 1.00 e. The quantitative estimate of drug-likeness (QED) is 0.567. The predicted molar refractivity (Wildman–Crippen MR) is 115 cm³/mol. The topological polar surface area (TPSA) is 31.4 Å². The maximum atomic E-state index is 6.65. The molecule has 0 N–H and O–H groups in total. The van der Waals surface area contributed by atoms with Gasteiger partial charge in [-0.05, 0) is 66.9 Å². The molecule has 0 saturated carbocycles. The number of pyridine rings is 1. The largest absolute Gasteiger partial charge is 1.00 e. The SMILES string of the molecule is CC(C)(C)[Si](C)(C)OC(CCc1cccnc1)COc1ccc(Br)cc1.[H-].[Na+]. The maximum Gasteiger partial charge on any atom is 1.00 e. The molecule has 0 amide bonds. The fourth-order valence-corrected chi connectivity index (χ4v) is 4.00. The summed E-state index contributed by atoms with van der Waals surface area (Å²) in [7, 11) is -1.86. The van der Waals surface area contributed by atoms with E-state index in [0.29, 0.717) is 6.61 Å². The van der Waals surface area contributed by atoms with Crippen molar-refractivity contribution in [2.75, 3.05) is 6.61 Å². The van der Waals surface area contributed by atoms with Crippen molar-refractivity contribution in [3.63, 3.8) is 0 Å². The van der Waals surface area contributed by atoms with Gasteiger partial charge in [-0.15, -0.1) is 0 Å². The van der Waals surface area contributed by atoms with E-state index in [1.54, 1.807) is 0 Å². The third-order valence-corrected chi connectivity index (χ3v) is 10.1. The Labute approximate surface area is 197 Å². The Hall–Kier alpha value is -0.173. The van der Waals surface area contributed by atoms with Crippen LogP contribution in [0.3, 0.4) is 0 Å². The van der Waals surface area contributed by atoms with E-state index in [-0.39, 0.29) is 42.1 Å². The summed E-state index contributed by atoms with van der Waals surface area (Å²) in [6.07, 6.45) is 5.67. The molecule has 0 aliphatic heterocycles. The van der Waals surface area contributed by atoms with E-state index >= 15 is 0 Å². The molecule has 1 heterocycles. The number of hydrogen-bond donors (Lipinski definition) is 0. The van der Waals surface area contributed by atoms with Crippen molar-refractivity contribution in [3.8, 4) is 5.75 Å². The first kappa shape index (κ1) is 24.9. The minimum atomic E-state index is -1.86. The number of nitrogens with zero attached hydrogens (tertiary/aromatic N) is 1. The summed E-state index contributed by atoms with van der Waals surface area (Å²) in [6.45, 7) is 12.0. The van der Waals surface area contributed by atoms with Gasteiger partial charge < -0.3 is 10.6 Å². The van der Waals surface area contributed by atoms with E-state index in [2.05, 4.69) is 60.8 Å². The number of benzene rings is 1. The molecule has 0 aliphatic rings. The molecule has 0 spiro atoms. The van der Waals surface area contributed by atoms with Crippen LogP contribution in [0.4, 0.5) is 0 Å². The molecule has 2 aromatic rings. The Kier molecular flexibility index (Phi) is 10.2. The Morgan fingerprint density at radius 2 is 1.81 bits per heavy atom. The average molecular weight is 460 g/mol. The molecule has 0 aliphatic carbocycles. The van der Waals surface area contributed by atoms with Crippen molar-refractivity contribution in [2.45, 2.75) is 57.8 Å². The molecule has 1 unspecified atom stereocenters. The number of halogens is 1. The van der Waals surface area contributed by atoms with Gasteiger partial charge in [0.1, 0.15) is 12.4 Å². The molecule has 0 fully saturated rings. The number of aromatic nitrogens is 1. The Bertz CT molecular complexity index is 681. The summed E-state index contributed by atoms with van der Waals surface area (Å²) >= 11 is 3.46. The number of ether oxygens (including phenoxy) is 1. The van der Waals surface area contributed by atoms with Gasteiger partial charge in [0.05, 0.1) is 6.10 Å². The van der Waals surface area contributed by atoms with Crippen molar-refractivity contribution in [3.05, 3.63) is 58.8 Å². The normalized spacial score (nSPS) is 13.0.